The number of hydrogen-bond acceptors (Lipinski definition) is 8. The summed E-state index contributed by atoms with van der Waals surface area (Å²) in [4.78, 5) is 14.4. The first-order chi connectivity index (χ1) is 14.3. The zero-order chi connectivity index (χ0) is 19.9. The normalized spacial score (nSPS) is 14.6. The minimum Gasteiger partial charge on any atom is -0.462 e. The lowest BCUT2D eigenvalue weighted by atomic mass is 10.2. The molecule has 4 rings (SSSR count). The molecule has 152 valence electrons. The molecule has 0 atom stereocenters. The summed E-state index contributed by atoms with van der Waals surface area (Å²) in [5, 5.41) is 8.49. The number of nitrogens with one attached hydrogen (secondary N) is 3. The molecule has 0 spiro atoms. The molecule has 3 aromatic rings. The summed E-state index contributed by atoms with van der Waals surface area (Å²) in [6, 6.07) is 10.3. The molecule has 29 heavy (non-hydrogen) atoms. The molecule has 0 aliphatic carbocycles. The number of likely N-dealkylation sites (N-methyl/N-ethyl adjacent to an activating group) is 1. The molecule has 1 saturated heterocycles. The Labute approximate surface area is 169 Å². The molecule has 1 aliphatic heterocycles. The van der Waals surface area contributed by atoms with Gasteiger partial charge >= 0.3 is 6.01 Å². The first-order valence-corrected chi connectivity index (χ1v) is 9.68. The molecular weight excluding hydrogens is 370 g/mol. The van der Waals surface area contributed by atoms with E-state index in [0.717, 1.165) is 42.0 Å². The second-order valence-electron chi connectivity index (χ2n) is 6.60. The second-order valence-corrected chi connectivity index (χ2v) is 6.60. The number of nitrogens with zero attached hydrogens (tertiary/aromatic N) is 4. The van der Waals surface area contributed by atoms with E-state index >= 15 is 0 Å². The zero-order valence-electron chi connectivity index (χ0n) is 16.4. The molecule has 2 aromatic heterocycles. The van der Waals surface area contributed by atoms with Gasteiger partial charge in [0.25, 0.3) is 0 Å². The molecule has 0 bridgehead atoms. The molecule has 1 fully saturated rings. The number of benzene rings is 1. The fraction of sp³-hybridized carbons (Fsp3) is 0.350. The molecule has 9 nitrogen and oxygen atoms in total. The Hall–Kier alpha value is -3.17. The van der Waals surface area contributed by atoms with Crippen LogP contribution in [-0.4, -0.2) is 67.7 Å². The third-order valence-electron chi connectivity index (χ3n) is 4.60. The fourth-order valence-electron chi connectivity index (χ4n) is 3.09. The Morgan fingerprint density at radius 2 is 2.14 bits per heavy atom. The maximum absolute atomic E-state index is 5.70. The molecular formula is C20H25N7O2. The van der Waals surface area contributed by atoms with Crippen molar-refractivity contribution in [2.45, 2.75) is 0 Å². The van der Waals surface area contributed by atoms with E-state index in [9.17, 15) is 0 Å². The van der Waals surface area contributed by atoms with Gasteiger partial charge in [-0.15, -0.1) is 0 Å². The van der Waals surface area contributed by atoms with Crippen molar-refractivity contribution in [3.05, 3.63) is 42.2 Å². The number of ether oxygens (including phenoxy) is 2. The van der Waals surface area contributed by atoms with Crippen molar-refractivity contribution in [2.75, 3.05) is 56.8 Å². The van der Waals surface area contributed by atoms with Crippen LogP contribution < -0.4 is 20.4 Å². The van der Waals surface area contributed by atoms with Gasteiger partial charge in [0.2, 0.25) is 0 Å². The average Bonchev–Trinajstić information content (AvgIpc) is 3.18. The Kier molecular flexibility index (Phi) is 6.18. The molecule has 0 unspecified atom stereocenters. The van der Waals surface area contributed by atoms with Gasteiger partial charge in [0.1, 0.15) is 12.4 Å². The lowest BCUT2D eigenvalue weighted by molar-refractivity contribution is 0.122. The molecule has 0 amide bonds. The average molecular weight is 395 g/mol. The molecule has 9 heteroatoms. The Morgan fingerprint density at radius 3 is 3.00 bits per heavy atom. The van der Waals surface area contributed by atoms with Gasteiger partial charge in [0, 0.05) is 42.8 Å². The van der Waals surface area contributed by atoms with Crippen LogP contribution in [0.5, 0.6) is 6.01 Å². The summed E-state index contributed by atoms with van der Waals surface area (Å²) < 4.78 is 11.1. The van der Waals surface area contributed by atoms with Crippen LogP contribution in [0.2, 0.25) is 0 Å². The van der Waals surface area contributed by atoms with Crippen molar-refractivity contribution < 1.29 is 9.47 Å². The zero-order valence-corrected chi connectivity index (χ0v) is 16.4. The van der Waals surface area contributed by atoms with E-state index in [1.165, 1.54) is 0 Å². The minimum absolute atomic E-state index is 0.345. The monoisotopic (exact) mass is 395 g/mol. The van der Waals surface area contributed by atoms with Crippen LogP contribution in [0.3, 0.4) is 0 Å². The fourth-order valence-corrected chi connectivity index (χ4v) is 3.09. The van der Waals surface area contributed by atoms with Gasteiger partial charge in [-0.25, -0.2) is 0 Å². The predicted molar refractivity (Wildman–Crippen MR) is 114 cm³/mol. The van der Waals surface area contributed by atoms with E-state index in [2.05, 4.69) is 35.7 Å². The molecule has 1 aliphatic rings. The quantitative estimate of drug-likeness (QED) is 0.304. The van der Waals surface area contributed by atoms with Crippen LogP contribution in [0.1, 0.15) is 5.69 Å². The van der Waals surface area contributed by atoms with E-state index in [1.54, 1.807) is 6.21 Å². The highest BCUT2D eigenvalue weighted by atomic mass is 16.5. The summed E-state index contributed by atoms with van der Waals surface area (Å²) in [5.41, 5.74) is 5.72. The summed E-state index contributed by atoms with van der Waals surface area (Å²) in [7, 11) is 1.88. The van der Waals surface area contributed by atoms with Crippen LogP contribution in [0, 0.1) is 0 Å². The van der Waals surface area contributed by atoms with Gasteiger partial charge in [-0.1, -0.05) is 18.2 Å². The second kappa shape index (κ2) is 9.35. The molecule has 0 saturated carbocycles. The topological polar surface area (TPSA) is 99.7 Å². The Balaban J connectivity index is 1.52. The maximum Gasteiger partial charge on any atom is 0.319 e. The standard InChI is InChI=1S/C20H25N7O2/c1-21-6-9-29-20-24-15(12-19(25-20)27-7-10-28-11-8-27)13-23-26-18-14-22-17-5-3-2-4-16(17)18/h2-5,12-14,21-22,26H,6-11H2,1H3. The molecule has 1 aromatic carbocycles. The Morgan fingerprint density at radius 1 is 1.28 bits per heavy atom. The number of morpholine rings is 1. The number of anilines is 2. The van der Waals surface area contributed by atoms with Crippen molar-refractivity contribution >= 4 is 28.6 Å². The van der Waals surface area contributed by atoms with Gasteiger partial charge in [-0.05, 0) is 13.1 Å². The third-order valence-corrected chi connectivity index (χ3v) is 4.60. The first-order valence-electron chi connectivity index (χ1n) is 9.68. The summed E-state index contributed by atoms with van der Waals surface area (Å²) in [5.74, 6) is 0.816. The highest BCUT2D eigenvalue weighted by Gasteiger charge is 2.15. The first kappa shape index (κ1) is 19.2. The molecule has 3 N–H and O–H groups in total. The lowest BCUT2D eigenvalue weighted by Gasteiger charge is -2.28. The number of para-hydroxylation sites is 1. The summed E-state index contributed by atoms with van der Waals surface area (Å²) in [6.07, 6.45) is 3.58. The van der Waals surface area contributed by atoms with E-state index < -0.39 is 0 Å². The largest absolute Gasteiger partial charge is 0.462 e. The number of hydrazone groups is 1. The van der Waals surface area contributed by atoms with E-state index in [0.29, 0.717) is 31.5 Å². The van der Waals surface area contributed by atoms with Crippen molar-refractivity contribution in [3.8, 4) is 6.01 Å². The number of hydrogen-bond donors (Lipinski definition) is 3. The highest BCUT2D eigenvalue weighted by Crippen LogP contribution is 2.22. The van der Waals surface area contributed by atoms with Gasteiger partial charge in [0.05, 0.1) is 30.8 Å². The maximum atomic E-state index is 5.70. The predicted octanol–water partition coefficient (Wildman–Crippen LogP) is 1.84. The van der Waals surface area contributed by atoms with Crippen LogP contribution in [0.25, 0.3) is 10.9 Å². The van der Waals surface area contributed by atoms with Crippen molar-refractivity contribution in [3.63, 3.8) is 0 Å². The summed E-state index contributed by atoms with van der Waals surface area (Å²) >= 11 is 0. The van der Waals surface area contributed by atoms with Crippen LogP contribution in [0.4, 0.5) is 11.5 Å². The summed E-state index contributed by atoms with van der Waals surface area (Å²) in [6.45, 7) is 4.16. The van der Waals surface area contributed by atoms with Crippen LogP contribution in [0.15, 0.2) is 41.6 Å². The minimum atomic E-state index is 0.345. The van der Waals surface area contributed by atoms with Gasteiger partial charge in [0.15, 0.2) is 0 Å². The Bertz CT molecular complexity index is 966. The van der Waals surface area contributed by atoms with E-state index in [-0.39, 0.29) is 0 Å². The van der Waals surface area contributed by atoms with E-state index in [1.807, 2.05) is 43.6 Å². The smallest absolute Gasteiger partial charge is 0.319 e. The van der Waals surface area contributed by atoms with Crippen LogP contribution in [-0.2, 0) is 4.74 Å². The van der Waals surface area contributed by atoms with Crippen LogP contribution >= 0.6 is 0 Å². The SMILES string of the molecule is CNCCOc1nc(C=NNc2c[nH]c3ccccc23)cc(N2CCOCC2)n1. The number of H-pyrrole nitrogens is 1. The number of fused-ring (bicyclic) bond motifs is 1. The highest BCUT2D eigenvalue weighted by molar-refractivity contribution is 5.92. The number of aromatic amines is 1. The van der Waals surface area contributed by atoms with Crippen molar-refractivity contribution in [2.24, 2.45) is 5.10 Å². The van der Waals surface area contributed by atoms with Crippen molar-refractivity contribution in [1.29, 1.82) is 0 Å². The third kappa shape index (κ3) is 4.82. The lowest BCUT2D eigenvalue weighted by Crippen LogP contribution is -2.37. The van der Waals surface area contributed by atoms with Crippen molar-refractivity contribution in [1.82, 2.24) is 20.3 Å². The molecule has 3 heterocycles. The van der Waals surface area contributed by atoms with Gasteiger partial charge in [-0.3, -0.25) is 5.43 Å². The number of rotatable bonds is 8. The number of aromatic nitrogens is 3. The molecule has 0 radical (unpaired) electrons. The van der Waals surface area contributed by atoms with E-state index in [4.69, 9.17) is 9.47 Å². The van der Waals surface area contributed by atoms with Gasteiger partial charge in [-0.2, -0.15) is 15.1 Å². The van der Waals surface area contributed by atoms with Gasteiger partial charge < -0.3 is 24.7 Å².